The van der Waals surface area contributed by atoms with Gasteiger partial charge in [0.15, 0.2) is 0 Å². The van der Waals surface area contributed by atoms with E-state index in [0.29, 0.717) is 11.3 Å². The number of benzene rings is 3. The Morgan fingerprint density at radius 1 is 0.867 bits per heavy atom. The summed E-state index contributed by atoms with van der Waals surface area (Å²) >= 11 is 0. The first-order chi connectivity index (χ1) is 14.4. The lowest BCUT2D eigenvalue weighted by Gasteiger charge is -2.13. The summed E-state index contributed by atoms with van der Waals surface area (Å²) in [6, 6.07) is 24.1. The lowest BCUT2D eigenvalue weighted by Crippen LogP contribution is -2.30. The summed E-state index contributed by atoms with van der Waals surface area (Å²) in [5, 5.41) is 5.61. The van der Waals surface area contributed by atoms with E-state index in [-0.39, 0.29) is 17.5 Å². The molecule has 0 aliphatic rings. The average molecular weight is 399 g/mol. The molecule has 30 heavy (non-hydrogen) atoms. The molecule has 0 spiro atoms. The smallest absolute Gasteiger partial charge is 0.272 e. The van der Waals surface area contributed by atoms with E-state index in [9.17, 15) is 9.59 Å². The summed E-state index contributed by atoms with van der Waals surface area (Å²) in [5.74, 6) is -0.729. The van der Waals surface area contributed by atoms with Crippen molar-refractivity contribution in [2.75, 3.05) is 24.3 Å². The van der Waals surface area contributed by atoms with Crippen LogP contribution in [0.2, 0.25) is 0 Å². The molecule has 2 amide bonds. The van der Waals surface area contributed by atoms with Crippen molar-refractivity contribution in [1.29, 1.82) is 0 Å². The Hall–Kier alpha value is -3.86. The zero-order valence-corrected chi connectivity index (χ0v) is 17.3. The molecular formula is C25H25N3O2. The van der Waals surface area contributed by atoms with E-state index in [1.165, 1.54) is 0 Å². The molecule has 0 aliphatic heterocycles. The van der Waals surface area contributed by atoms with E-state index >= 15 is 0 Å². The number of carbonyl (C=O) groups is 2. The first-order valence-corrected chi connectivity index (χ1v) is 9.66. The number of hydrogen-bond acceptors (Lipinski definition) is 3. The molecular weight excluding hydrogens is 374 g/mol. The molecule has 0 unspecified atom stereocenters. The Morgan fingerprint density at radius 2 is 1.57 bits per heavy atom. The molecule has 152 valence electrons. The zero-order valence-electron chi connectivity index (χ0n) is 17.3. The minimum Gasteiger partial charge on any atom is -0.378 e. The van der Waals surface area contributed by atoms with Crippen molar-refractivity contribution in [3.8, 4) is 0 Å². The Kier molecular flexibility index (Phi) is 6.65. The van der Waals surface area contributed by atoms with Gasteiger partial charge in [0, 0.05) is 31.0 Å². The van der Waals surface area contributed by atoms with Gasteiger partial charge in [-0.3, -0.25) is 9.59 Å². The fraction of sp³-hybridized carbons (Fsp3) is 0.120. The number of nitrogens with one attached hydrogen (secondary N) is 2. The van der Waals surface area contributed by atoms with E-state index in [0.717, 1.165) is 16.8 Å². The van der Waals surface area contributed by atoms with Crippen molar-refractivity contribution < 1.29 is 9.59 Å². The molecule has 0 aromatic heterocycles. The van der Waals surface area contributed by atoms with Crippen LogP contribution in [-0.4, -0.2) is 25.9 Å². The average Bonchev–Trinajstić information content (AvgIpc) is 2.74. The second kappa shape index (κ2) is 9.56. The SMILES string of the molecule is Cc1cccc(NC(=O)/C(=C\c2ccc(N(C)C)cc2)NC(=O)c2ccccc2)c1. The Balaban J connectivity index is 1.88. The van der Waals surface area contributed by atoms with Gasteiger partial charge in [0.2, 0.25) is 0 Å². The van der Waals surface area contributed by atoms with E-state index in [1.807, 2.05) is 80.5 Å². The second-order valence-corrected chi connectivity index (χ2v) is 7.19. The van der Waals surface area contributed by atoms with Crippen LogP contribution >= 0.6 is 0 Å². The number of carbonyl (C=O) groups excluding carboxylic acids is 2. The fourth-order valence-electron chi connectivity index (χ4n) is 2.90. The summed E-state index contributed by atoms with van der Waals surface area (Å²) in [5.41, 5.74) is 4.21. The van der Waals surface area contributed by atoms with Crippen molar-refractivity contribution in [2.24, 2.45) is 0 Å². The number of aryl methyl sites for hydroxylation is 1. The molecule has 0 bridgehead atoms. The first-order valence-electron chi connectivity index (χ1n) is 9.66. The molecule has 5 heteroatoms. The summed E-state index contributed by atoms with van der Waals surface area (Å²) < 4.78 is 0. The lowest BCUT2D eigenvalue weighted by atomic mass is 10.1. The molecule has 0 saturated carbocycles. The molecule has 3 rings (SSSR count). The highest BCUT2D eigenvalue weighted by molar-refractivity contribution is 6.10. The minimum atomic E-state index is -0.387. The number of anilines is 2. The summed E-state index contributed by atoms with van der Waals surface area (Å²) in [7, 11) is 3.93. The van der Waals surface area contributed by atoms with E-state index < -0.39 is 0 Å². The van der Waals surface area contributed by atoms with Crippen molar-refractivity contribution in [1.82, 2.24) is 5.32 Å². The zero-order chi connectivity index (χ0) is 21.5. The van der Waals surface area contributed by atoms with Gasteiger partial charge in [0.05, 0.1) is 0 Å². The molecule has 3 aromatic rings. The quantitative estimate of drug-likeness (QED) is 0.601. The molecule has 0 atom stereocenters. The number of rotatable bonds is 6. The molecule has 0 radical (unpaired) electrons. The van der Waals surface area contributed by atoms with Crippen LogP contribution in [0.4, 0.5) is 11.4 Å². The van der Waals surface area contributed by atoms with Crippen LogP contribution in [0.5, 0.6) is 0 Å². The fourth-order valence-corrected chi connectivity index (χ4v) is 2.90. The van der Waals surface area contributed by atoms with Gasteiger partial charge in [-0.05, 0) is 60.5 Å². The molecule has 0 fully saturated rings. The highest BCUT2D eigenvalue weighted by Gasteiger charge is 2.15. The van der Waals surface area contributed by atoms with Crippen LogP contribution in [0.1, 0.15) is 21.5 Å². The van der Waals surface area contributed by atoms with Gasteiger partial charge < -0.3 is 15.5 Å². The summed E-state index contributed by atoms with van der Waals surface area (Å²) in [6.07, 6.45) is 1.67. The highest BCUT2D eigenvalue weighted by Crippen LogP contribution is 2.16. The maximum absolute atomic E-state index is 13.0. The number of amides is 2. The maximum Gasteiger partial charge on any atom is 0.272 e. The van der Waals surface area contributed by atoms with Gasteiger partial charge in [-0.15, -0.1) is 0 Å². The first kappa shape index (κ1) is 20.9. The van der Waals surface area contributed by atoms with E-state index in [1.54, 1.807) is 30.3 Å². The number of nitrogens with zero attached hydrogens (tertiary/aromatic N) is 1. The minimum absolute atomic E-state index is 0.169. The summed E-state index contributed by atoms with van der Waals surface area (Å²) in [6.45, 7) is 1.95. The van der Waals surface area contributed by atoms with Gasteiger partial charge in [-0.1, -0.05) is 42.5 Å². The van der Waals surface area contributed by atoms with Crippen LogP contribution < -0.4 is 15.5 Å². The Bertz CT molecular complexity index is 1060. The van der Waals surface area contributed by atoms with Crippen LogP contribution in [0.3, 0.4) is 0 Å². The third-order valence-electron chi connectivity index (χ3n) is 4.53. The van der Waals surface area contributed by atoms with Crippen molar-refractivity contribution >= 4 is 29.3 Å². The van der Waals surface area contributed by atoms with Gasteiger partial charge in [-0.25, -0.2) is 0 Å². The topological polar surface area (TPSA) is 61.4 Å². The van der Waals surface area contributed by atoms with E-state index in [4.69, 9.17) is 0 Å². The van der Waals surface area contributed by atoms with Crippen LogP contribution in [0.15, 0.2) is 84.6 Å². The molecule has 0 heterocycles. The normalized spacial score (nSPS) is 11.0. The van der Waals surface area contributed by atoms with Gasteiger partial charge in [0.25, 0.3) is 11.8 Å². The van der Waals surface area contributed by atoms with Crippen LogP contribution in [-0.2, 0) is 4.79 Å². The largest absolute Gasteiger partial charge is 0.378 e. The van der Waals surface area contributed by atoms with E-state index in [2.05, 4.69) is 10.6 Å². The van der Waals surface area contributed by atoms with Crippen LogP contribution in [0, 0.1) is 6.92 Å². The Morgan fingerprint density at radius 3 is 2.20 bits per heavy atom. The predicted molar refractivity (Wildman–Crippen MR) is 122 cm³/mol. The second-order valence-electron chi connectivity index (χ2n) is 7.19. The third kappa shape index (κ3) is 5.58. The molecule has 2 N–H and O–H groups in total. The predicted octanol–water partition coefficient (Wildman–Crippen LogP) is 4.47. The van der Waals surface area contributed by atoms with Gasteiger partial charge in [-0.2, -0.15) is 0 Å². The van der Waals surface area contributed by atoms with Crippen molar-refractivity contribution in [3.05, 3.63) is 101 Å². The van der Waals surface area contributed by atoms with Crippen LogP contribution in [0.25, 0.3) is 6.08 Å². The van der Waals surface area contributed by atoms with Crippen molar-refractivity contribution in [3.63, 3.8) is 0 Å². The number of hydrogen-bond donors (Lipinski definition) is 2. The molecule has 0 saturated heterocycles. The third-order valence-corrected chi connectivity index (χ3v) is 4.53. The van der Waals surface area contributed by atoms with Gasteiger partial charge in [0.1, 0.15) is 5.70 Å². The van der Waals surface area contributed by atoms with Crippen molar-refractivity contribution in [2.45, 2.75) is 6.92 Å². The Labute approximate surface area is 177 Å². The molecule has 0 aliphatic carbocycles. The standard InChI is InChI=1S/C25H25N3O2/c1-18-8-7-11-21(16-18)26-25(30)23(27-24(29)20-9-5-4-6-10-20)17-19-12-14-22(15-13-19)28(2)3/h4-17H,1-3H3,(H,26,30)(H,27,29)/b23-17+. The maximum atomic E-state index is 13.0. The monoisotopic (exact) mass is 399 g/mol. The summed E-state index contributed by atoms with van der Waals surface area (Å²) in [4.78, 5) is 27.6. The molecule has 3 aromatic carbocycles. The molecule has 5 nitrogen and oxygen atoms in total. The van der Waals surface area contributed by atoms with Gasteiger partial charge >= 0.3 is 0 Å². The lowest BCUT2D eigenvalue weighted by molar-refractivity contribution is -0.113. The highest BCUT2D eigenvalue weighted by atomic mass is 16.2.